The van der Waals surface area contributed by atoms with Gasteiger partial charge in [0.1, 0.15) is 22.8 Å². The van der Waals surface area contributed by atoms with Crippen LogP contribution in [0, 0.1) is 5.82 Å². The van der Waals surface area contributed by atoms with Crippen molar-refractivity contribution in [2.75, 3.05) is 7.11 Å². The first-order chi connectivity index (χ1) is 15.9. The number of ether oxygens (including phenoxy) is 1. The number of hydrogen-bond donors (Lipinski definition) is 1. The highest BCUT2D eigenvalue weighted by atomic mass is 19.1. The molecule has 2 heterocycles. The van der Waals surface area contributed by atoms with Crippen LogP contribution in [-0.2, 0) is 17.9 Å². The molecule has 1 aromatic heterocycles. The molecule has 2 amide bonds. The van der Waals surface area contributed by atoms with Crippen LogP contribution >= 0.6 is 0 Å². The van der Waals surface area contributed by atoms with Gasteiger partial charge in [0.25, 0.3) is 5.91 Å². The van der Waals surface area contributed by atoms with E-state index in [2.05, 4.69) is 5.32 Å². The summed E-state index contributed by atoms with van der Waals surface area (Å²) in [6.07, 6.45) is 4.06. The fourth-order valence-electron chi connectivity index (χ4n) is 5.11. The number of amides is 2. The van der Waals surface area contributed by atoms with Crippen LogP contribution < -0.4 is 10.1 Å². The largest absolute Gasteiger partial charge is 0.497 e. The molecule has 1 aliphatic carbocycles. The average molecular weight is 450 g/mol. The zero-order valence-electron chi connectivity index (χ0n) is 18.9. The SMILES string of the molecule is COc1ccc2cc3n(c2c1)C[C@@](C)(C(=O)NC1CCCC1)N(Cc1ccccc1F)C3=O. The standard InChI is InChI=1S/C26H28FN3O3/c1-26(25(32)28-19-8-4-5-9-19)16-29-22-14-20(33-2)12-11-17(22)13-23(29)24(31)30(26)15-18-7-3-6-10-21(18)27/h3,6-7,10-14,19H,4-5,8-9,15-16H2,1-2H3,(H,28,32)/t26-/m0/s1. The van der Waals surface area contributed by atoms with Crippen molar-refractivity contribution in [2.45, 2.75) is 57.3 Å². The van der Waals surface area contributed by atoms with Gasteiger partial charge >= 0.3 is 0 Å². The minimum atomic E-state index is -1.18. The zero-order valence-corrected chi connectivity index (χ0v) is 18.9. The van der Waals surface area contributed by atoms with Crippen molar-refractivity contribution in [3.05, 3.63) is 65.6 Å². The normalized spacial score (nSPS) is 20.8. The molecule has 6 nitrogen and oxygen atoms in total. The van der Waals surface area contributed by atoms with Gasteiger partial charge in [0.15, 0.2) is 0 Å². The van der Waals surface area contributed by atoms with Crippen LogP contribution in [-0.4, -0.2) is 40.0 Å². The first kappa shape index (κ1) is 21.5. The quantitative estimate of drug-likeness (QED) is 0.633. The van der Waals surface area contributed by atoms with Crippen LogP contribution in [0.15, 0.2) is 48.5 Å². The number of hydrogen-bond acceptors (Lipinski definition) is 3. The first-order valence-electron chi connectivity index (χ1n) is 11.4. The Kier molecular flexibility index (Phi) is 5.35. The molecule has 33 heavy (non-hydrogen) atoms. The second kappa shape index (κ2) is 8.21. The molecule has 3 aromatic rings. The van der Waals surface area contributed by atoms with Gasteiger partial charge in [0.05, 0.1) is 25.7 Å². The molecule has 1 saturated carbocycles. The third kappa shape index (κ3) is 3.65. The van der Waals surface area contributed by atoms with Gasteiger partial charge in [-0.05, 0) is 44.0 Å². The number of nitrogens with zero attached hydrogens (tertiary/aromatic N) is 2. The van der Waals surface area contributed by atoms with Gasteiger partial charge in [0, 0.05) is 23.1 Å². The zero-order chi connectivity index (χ0) is 23.2. The van der Waals surface area contributed by atoms with Crippen LogP contribution in [0.3, 0.4) is 0 Å². The molecule has 0 saturated heterocycles. The summed E-state index contributed by atoms with van der Waals surface area (Å²) in [5.41, 5.74) is 0.533. The minimum absolute atomic E-state index is 0.0188. The summed E-state index contributed by atoms with van der Waals surface area (Å²) in [7, 11) is 1.60. The monoisotopic (exact) mass is 449 g/mol. The Bertz CT molecular complexity index is 1230. The van der Waals surface area contributed by atoms with Crippen molar-refractivity contribution in [2.24, 2.45) is 0 Å². The van der Waals surface area contributed by atoms with Gasteiger partial charge in [-0.1, -0.05) is 31.0 Å². The highest BCUT2D eigenvalue weighted by Crippen LogP contribution is 2.35. The molecule has 1 N–H and O–H groups in total. The molecule has 172 valence electrons. The molecule has 0 bridgehead atoms. The maximum atomic E-state index is 14.5. The molecule has 5 rings (SSSR count). The molecule has 1 aliphatic heterocycles. The number of methoxy groups -OCH3 is 1. The molecule has 0 unspecified atom stereocenters. The Hall–Kier alpha value is -3.35. The minimum Gasteiger partial charge on any atom is -0.497 e. The highest BCUT2D eigenvalue weighted by Gasteiger charge is 2.48. The lowest BCUT2D eigenvalue weighted by Crippen LogP contribution is -2.64. The van der Waals surface area contributed by atoms with Gasteiger partial charge in [-0.25, -0.2) is 4.39 Å². The van der Waals surface area contributed by atoms with Crippen molar-refractivity contribution in [1.29, 1.82) is 0 Å². The van der Waals surface area contributed by atoms with Crippen LogP contribution in [0.4, 0.5) is 4.39 Å². The summed E-state index contributed by atoms with van der Waals surface area (Å²) >= 11 is 0. The third-order valence-electron chi connectivity index (χ3n) is 7.10. The number of carbonyl (C=O) groups is 2. The third-order valence-corrected chi connectivity index (χ3v) is 7.10. The van der Waals surface area contributed by atoms with Crippen molar-refractivity contribution >= 4 is 22.7 Å². The summed E-state index contributed by atoms with van der Waals surface area (Å²) in [6.45, 7) is 2.08. The molecule has 7 heteroatoms. The van der Waals surface area contributed by atoms with Gasteiger partial charge in [-0.3, -0.25) is 9.59 Å². The summed E-state index contributed by atoms with van der Waals surface area (Å²) < 4.78 is 21.8. The van der Waals surface area contributed by atoms with Gasteiger partial charge < -0.3 is 19.5 Å². The number of carbonyl (C=O) groups excluding carboxylic acids is 2. The van der Waals surface area contributed by atoms with E-state index in [1.165, 1.54) is 11.0 Å². The number of fused-ring (bicyclic) bond motifs is 3. The van der Waals surface area contributed by atoms with Crippen LogP contribution in [0.5, 0.6) is 5.75 Å². The fourth-order valence-corrected chi connectivity index (χ4v) is 5.11. The second-order valence-corrected chi connectivity index (χ2v) is 9.25. The summed E-state index contributed by atoms with van der Waals surface area (Å²) in [5, 5.41) is 4.06. The summed E-state index contributed by atoms with van der Waals surface area (Å²) in [6, 6.07) is 14.0. The Balaban J connectivity index is 1.60. The van der Waals surface area contributed by atoms with Crippen molar-refractivity contribution in [3.63, 3.8) is 0 Å². The number of rotatable bonds is 5. The lowest BCUT2D eigenvalue weighted by atomic mass is 9.93. The highest BCUT2D eigenvalue weighted by molar-refractivity contribution is 6.03. The summed E-state index contributed by atoms with van der Waals surface area (Å²) in [5.74, 6) is -0.195. The average Bonchev–Trinajstić information content (AvgIpc) is 3.45. The molecular formula is C26H28FN3O3. The number of benzene rings is 2. The number of nitrogens with one attached hydrogen (secondary N) is 1. The van der Waals surface area contributed by atoms with E-state index in [1.54, 1.807) is 32.2 Å². The van der Waals surface area contributed by atoms with E-state index in [0.29, 0.717) is 17.0 Å². The Morgan fingerprint density at radius 1 is 1.18 bits per heavy atom. The van der Waals surface area contributed by atoms with Crippen LogP contribution in [0.2, 0.25) is 0 Å². The second-order valence-electron chi connectivity index (χ2n) is 9.25. The fraction of sp³-hybridized carbons (Fsp3) is 0.385. The summed E-state index contributed by atoms with van der Waals surface area (Å²) in [4.78, 5) is 29.0. The van der Waals surface area contributed by atoms with Gasteiger partial charge in [0.2, 0.25) is 5.91 Å². The molecule has 0 radical (unpaired) electrons. The molecule has 1 atom stereocenters. The lowest BCUT2D eigenvalue weighted by molar-refractivity contribution is -0.133. The van der Waals surface area contributed by atoms with Crippen molar-refractivity contribution in [3.8, 4) is 5.75 Å². The number of aromatic nitrogens is 1. The van der Waals surface area contributed by atoms with Gasteiger partial charge in [-0.15, -0.1) is 0 Å². The topological polar surface area (TPSA) is 63.6 Å². The Morgan fingerprint density at radius 2 is 1.94 bits per heavy atom. The van der Waals surface area contributed by atoms with E-state index in [4.69, 9.17) is 4.74 Å². The molecule has 2 aromatic carbocycles. The van der Waals surface area contributed by atoms with E-state index in [9.17, 15) is 14.0 Å². The Labute approximate surface area is 192 Å². The predicted octanol–water partition coefficient (Wildman–Crippen LogP) is 4.26. The lowest BCUT2D eigenvalue weighted by Gasteiger charge is -2.44. The van der Waals surface area contributed by atoms with Crippen LogP contribution in [0.25, 0.3) is 10.9 Å². The maximum Gasteiger partial charge on any atom is 0.271 e. The van der Waals surface area contributed by atoms with Gasteiger partial charge in [-0.2, -0.15) is 0 Å². The van der Waals surface area contributed by atoms with Crippen molar-refractivity contribution < 1.29 is 18.7 Å². The smallest absolute Gasteiger partial charge is 0.271 e. The molecular weight excluding hydrogens is 421 g/mol. The van der Waals surface area contributed by atoms with E-state index in [1.807, 2.05) is 28.8 Å². The Morgan fingerprint density at radius 3 is 2.67 bits per heavy atom. The van der Waals surface area contributed by atoms with E-state index < -0.39 is 5.54 Å². The molecule has 2 aliphatic rings. The van der Waals surface area contributed by atoms with E-state index in [0.717, 1.165) is 36.6 Å². The molecule has 0 spiro atoms. The molecule has 1 fully saturated rings. The maximum absolute atomic E-state index is 14.5. The predicted molar refractivity (Wildman–Crippen MR) is 124 cm³/mol. The van der Waals surface area contributed by atoms with Crippen LogP contribution in [0.1, 0.15) is 48.7 Å². The van der Waals surface area contributed by atoms with Crippen molar-refractivity contribution in [1.82, 2.24) is 14.8 Å². The van der Waals surface area contributed by atoms with E-state index in [-0.39, 0.29) is 36.8 Å². The van der Waals surface area contributed by atoms with E-state index >= 15 is 0 Å². The number of halogens is 1. The first-order valence-corrected chi connectivity index (χ1v) is 11.4.